The van der Waals surface area contributed by atoms with Crippen LogP contribution in [0.5, 0.6) is 0 Å². The predicted octanol–water partition coefficient (Wildman–Crippen LogP) is 3.12. The van der Waals surface area contributed by atoms with E-state index in [-0.39, 0.29) is 36.8 Å². The van der Waals surface area contributed by atoms with Gasteiger partial charge in [0.2, 0.25) is 0 Å². The first-order valence-corrected chi connectivity index (χ1v) is 7.61. The molecule has 1 aromatic rings. The number of benzene rings is 1. The third kappa shape index (κ3) is 4.19. The van der Waals surface area contributed by atoms with E-state index >= 15 is 0 Å². The van der Waals surface area contributed by atoms with Crippen molar-refractivity contribution in [1.82, 2.24) is 10.2 Å². The van der Waals surface area contributed by atoms with Crippen molar-refractivity contribution in [2.45, 2.75) is 37.8 Å². The standard InChI is InChI=1S/C15H20ClN3O.2ClH/c16-14-8-10(17)3-4-13(14)15(20)18-11-5-7-19-6-1-2-12(19)9-11;;/h3-4,8,11-12H,1-2,5-7,9,17H2,(H,18,20);2*1H. The van der Waals surface area contributed by atoms with E-state index in [1.54, 1.807) is 18.2 Å². The molecule has 0 bridgehead atoms. The fraction of sp³-hybridized carbons (Fsp3) is 0.533. The number of rotatable bonds is 2. The minimum absolute atomic E-state index is 0. The first kappa shape index (κ1) is 19.4. The second kappa shape index (κ2) is 8.25. The molecular weight excluding hydrogens is 345 g/mol. The lowest BCUT2D eigenvalue weighted by atomic mass is 9.97. The van der Waals surface area contributed by atoms with Gasteiger partial charge in [0.1, 0.15) is 0 Å². The minimum Gasteiger partial charge on any atom is -0.399 e. The van der Waals surface area contributed by atoms with E-state index in [0.717, 1.165) is 19.4 Å². The zero-order valence-corrected chi connectivity index (χ0v) is 14.6. The van der Waals surface area contributed by atoms with Crippen LogP contribution in [-0.2, 0) is 0 Å². The zero-order chi connectivity index (χ0) is 14.1. The molecule has 0 saturated carbocycles. The molecule has 2 unspecified atom stereocenters. The molecule has 4 nitrogen and oxygen atoms in total. The van der Waals surface area contributed by atoms with E-state index in [0.29, 0.717) is 22.3 Å². The number of nitrogens with one attached hydrogen (secondary N) is 1. The van der Waals surface area contributed by atoms with Crippen molar-refractivity contribution in [2.24, 2.45) is 0 Å². The second-order valence-corrected chi connectivity index (χ2v) is 6.17. The van der Waals surface area contributed by atoms with Gasteiger partial charge in [-0.15, -0.1) is 24.8 Å². The third-order valence-corrected chi connectivity index (χ3v) is 4.71. The molecule has 2 aliphatic heterocycles. The summed E-state index contributed by atoms with van der Waals surface area (Å²) >= 11 is 6.08. The van der Waals surface area contributed by atoms with Crippen molar-refractivity contribution in [3.63, 3.8) is 0 Å². The Morgan fingerprint density at radius 2 is 2.05 bits per heavy atom. The van der Waals surface area contributed by atoms with Crippen LogP contribution in [0.15, 0.2) is 18.2 Å². The monoisotopic (exact) mass is 365 g/mol. The van der Waals surface area contributed by atoms with E-state index in [1.165, 1.54) is 19.4 Å². The molecule has 1 amide bonds. The van der Waals surface area contributed by atoms with Crippen LogP contribution in [0.2, 0.25) is 5.02 Å². The van der Waals surface area contributed by atoms with Crippen molar-refractivity contribution in [3.05, 3.63) is 28.8 Å². The molecule has 3 N–H and O–H groups in total. The molecule has 2 heterocycles. The number of nitrogens with two attached hydrogens (primary N) is 1. The maximum absolute atomic E-state index is 12.3. The van der Waals surface area contributed by atoms with Gasteiger partial charge in [0.05, 0.1) is 10.6 Å². The fourth-order valence-electron chi connectivity index (χ4n) is 3.33. The molecule has 2 fully saturated rings. The van der Waals surface area contributed by atoms with Crippen LogP contribution in [0.3, 0.4) is 0 Å². The third-order valence-electron chi connectivity index (χ3n) is 4.39. The van der Waals surface area contributed by atoms with Crippen molar-refractivity contribution < 1.29 is 4.79 Å². The normalized spacial score (nSPS) is 23.9. The van der Waals surface area contributed by atoms with Crippen molar-refractivity contribution in [2.75, 3.05) is 18.8 Å². The SMILES string of the molecule is Cl.Cl.Nc1ccc(C(=O)NC2CCN3CCCC3C2)c(Cl)c1. The summed E-state index contributed by atoms with van der Waals surface area (Å²) in [5, 5.41) is 3.53. The molecule has 3 rings (SSSR count). The Bertz CT molecular complexity index is 527. The van der Waals surface area contributed by atoms with Gasteiger partial charge in [-0.1, -0.05) is 11.6 Å². The summed E-state index contributed by atoms with van der Waals surface area (Å²) in [5.41, 5.74) is 6.73. The lowest BCUT2D eigenvalue weighted by molar-refractivity contribution is 0.0896. The van der Waals surface area contributed by atoms with Gasteiger partial charge in [-0.05, 0) is 50.4 Å². The van der Waals surface area contributed by atoms with Gasteiger partial charge in [0.25, 0.3) is 5.91 Å². The predicted molar refractivity (Wildman–Crippen MR) is 95.4 cm³/mol. The number of carbonyl (C=O) groups is 1. The number of carbonyl (C=O) groups excluding carboxylic acids is 1. The van der Waals surface area contributed by atoms with E-state index in [2.05, 4.69) is 10.2 Å². The molecule has 0 aromatic heterocycles. The number of hydrogen-bond acceptors (Lipinski definition) is 3. The highest BCUT2D eigenvalue weighted by Crippen LogP contribution is 2.27. The van der Waals surface area contributed by atoms with Crippen LogP contribution >= 0.6 is 36.4 Å². The fourth-order valence-corrected chi connectivity index (χ4v) is 3.61. The van der Waals surface area contributed by atoms with Gasteiger partial charge >= 0.3 is 0 Å². The molecular formula is C15H22Cl3N3O. The van der Waals surface area contributed by atoms with Gasteiger partial charge < -0.3 is 16.0 Å². The first-order chi connectivity index (χ1) is 9.63. The number of piperidine rings is 1. The summed E-state index contributed by atoms with van der Waals surface area (Å²) in [6, 6.07) is 5.93. The van der Waals surface area contributed by atoms with Crippen LogP contribution in [0.1, 0.15) is 36.0 Å². The molecule has 0 spiro atoms. The summed E-state index contributed by atoms with van der Waals surface area (Å²) in [6.07, 6.45) is 4.62. The number of nitrogens with zero attached hydrogens (tertiary/aromatic N) is 1. The lowest BCUT2D eigenvalue weighted by Crippen LogP contribution is -2.47. The second-order valence-electron chi connectivity index (χ2n) is 5.77. The minimum atomic E-state index is -0.0913. The number of amides is 1. The molecule has 2 saturated heterocycles. The van der Waals surface area contributed by atoms with Gasteiger partial charge in [0.15, 0.2) is 0 Å². The largest absolute Gasteiger partial charge is 0.399 e. The number of halogens is 3. The number of anilines is 1. The Balaban J connectivity index is 0.00000121. The van der Waals surface area contributed by atoms with E-state index in [4.69, 9.17) is 17.3 Å². The molecule has 0 radical (unpaired) electrons. The van der Waals surface area contributed by atoms with Gasteiger partial charge in [-0.25, -0.2) is 0 Å². The topological polar surface area (TPSA) is 58.4 Å². The average Bonchev–Trinajstić information content (AvgIpc) is 2.85. The Kier molecular flexibility index (Phi) is 7.26. The zero-order valence-electron chi connectivity index (χ0n) is 12.3. The van der Waals surface area contributed by atoms with Crippen LogP contribution < -0.4 is 11.1 Å². The number of hydrogen-bond donors (Lipinski definition) is 2. The molecule has 0 aliphatic carbocycles. The summed E-state index contributed by atoms with van der Waals surface area (Å²) in [4.78, 5) is 14.8. The summed E-state index contributed by atoms with van der Waals surface area (Å²) in [7, 11) is 0. The Morgan fingerprint density at radius 1 is 1.27 bits per heavy atom. The highest BCUT2D eigenvalue weighted by atomic mass is 35.5. The molecule has 124 valence electrons. The van der Waals surface area contributed by atoms with Crippen LogP contribution in [0, 0.1) is 0 Å². The first-order valence-electron chi connectivity index (χ1n) is 7.23. The Hall–Kier alpha value is -0.680. The van der Waals surface area contributed by atoms with Crippen LogP contribution in [-0.4, -0.2) is 36.0 Å². The lowest BCUT2D eigenvalue weighted by Gasteiger charge is -2.35. The van der Waals surface area contributed by atoms with Gasteiger partial charge in [-0.3, -0.25) is 4.79 Å². The maximum atomic E-state index is 12.3. The van der Waals surface area contributed by atoms with Crippen molar-refractivity contribution in [3.8, 4) is 0 Å². The summed E-state index contributed by atoms with van der Waals surface area (Å²) in [5.74, 6) is -0.0913. The number of nitrogen functional groups attached to an aromatic ring is 1. The average molecular weight is 367 g/mol. The summed E-state index contributed by atoms with van der Waals surface area (Å²) in [6.45, 7) is 2.31. The molecule has 1 aromatic carbocycles. The summed E-state index contributed by atoms with van der Waals surface area (Å²) < 4.78 is 0. The van der Waals surface area contributed by atoms with Crippen molar-refractivity contribution in [1.29, 1.82) is 0 Å². The molecule has 22 heavy (non-hydrogen) atoms. The highest BCUT2D eigenvalue weighted by molar-refractivity contribution is 6.34. The Labute approximate surface area is 148 Å². The Morgan fingerprint density at radius 3 is 2.77 bits per heavy atom. The smallest absolute Gasteiger partial charge is 0.253 e. The van der Waals surface area contributed by atoms with E-state index < -0.39 is 0 Å². The molecule has 7 heteroatoms. The van der Waals surface area contributed by atoms with Gasteiger partial charge in [-0.2, -0.15) is 0 Å². The molecule has 2 aliphatic rings. The molecule has 2 atom stereocenters. The number of fused-ring (bicyclic) bond motifs is 1. The maximum Gasteiger partial charge on any atom is 0.253 e. The van der Waals surface area contributed by atoms with Crippen LogP contribution in [0.25, 0.3) is 0 Å². The highest BCUT2D eigenvalue weighted by Gasteiger charge is 2.32. The van der Waals surface area contributed by atoms with E-state index in [1.807, 2.05) is 0 Å². The van der Waals surface area contributed by atoms with Crippen molar-refractivity contribution >= 4 is 48.0 Å². The van der Waals surface area contributed by atoms with E-state index in [9.17, 15) is 4.79 Å². The van der Waals surface area contributed by atoms with Gasteiger partial charge in [0, 0.05) is 24.3 Å². The van der Waals surface area contributed by atoms with Crippen LogP contribution in [0.4, 0.5) is 5.69 Å². The quantitative estimate of drug-likeness (QED) is 0.791.